The predicted octanol–water partition coefficient (Wildman–Crippen LogP) is 1.05. The Kier molecular flexibility index (Phi) is 5.22. The minimum atomic E-state index is -0.699. The summed E-state index contributed by atoms with van der Waals surface area (Å²) < 4.78 is 5.37. The predicted molar refractivity (Wildman–Crippen MR) is 64.1 cm³/mol. The van der Waals surface area contributed by atoms with Crippen LogP contribution < -0.4 is 11.1 Å². The largest absolute Gasteiger partial charge is 0.381 e. The lowest BCUT2D eigenvalue weighted by Gasteiger charge is -2.28. The van der Waals surface area contributed by atoms with E-state index in [1.54, 1.807) is 0 Å². The van der Waals surface area contributed by atoms with E-state index < -0.39 is 5.54 Å². The number of nitrogens with one attached hydrogen (secondary N) is 1. The molecule has 1 amide bonds. The number of rotatable bonds is 5. The van der Waals surface area contributed by atoms with Gasteiger partial charge in [-0.1, -0.05) is 13.8 Å². The third-order valence-corrected chi connectivity index (χ3v) is 3.52. The van der Waals surface area contributed by atoms with Gasteiger partial charge in [0.1, 0.15) is 0 Å². The molecule has 0 spiro atoms. The summed E-state index contributed by atoms with van der Waals surface area (Å²) in [6.07, 6.45) is 3.58. The number of hydrogen-bond acceptors (Lipinski definition) is 3. The van der Waals surface area contributed by atoms with Gasteiger partial charge in [0.2, 0.25) is 5.91 Å². The van der Waals surface area contributed by atoms with Crippen LogP contribution in [0.3, 0.4) is 0 Å². The van der Waals surface area contributed by atoms with E-state index in [0.29, 0.717) is 25.3 Å². The van der Waals surface area contributed by atoms with Crippen LogP contribution >= 0.6 is 0 Å². The molecule has 1 fully saturated rings. The van der Waals surface area contributed by atoms with Crippen molar-refractivity contribution < 1.29 is 9.53 Å². The molecule has 1 heterocycles. The monoisotopic (exact) mass is 228 g/mol. The van der Waals surface area contributed by atoms with Gasteiger partial charge in [-0.25, -0.2) is 0 Å². The van der Waals surface area contributed by atoms with Crippen LogP contribution in [0.2, 0.25) is 0 Å². The van der Waals surface area contributed by atoms with Gasteiger partial charge in [0.15, 0.2) is 0 Å². The van der Waals surface area contributed by atoms with Gasteiger partial charge in [0, 0.05) is 13.2 Å². The van der Waals surface area contributed by atoms with Gasteiger partial charge in [-0.3, -0.25) is 4.79 Å². The molecule has 1 unspecified atom stereocenters. The average molecular weight is 228 g/mol. The fraction of sp³-hybridized carbons (Fsp3) is 0.917. The van der Waals surface area contributed by atoms with Crippen molar-refractivity contribution in [1.29, 1.82) is 0 Å². The van der Waals surface area contributed by atoms with Crippen LogP contribution in [0.25, 0.3) is 0 Å². The van der Waals surface area contributed by atoms with Crippen molar-refractivity contribution in [2.75, 3.05) is 19.8 Å². The summed E-state index contributed by atoms with van der Waals surface area (Å²) in [5.41, 5.74) is 5.31. The molecule has 0 radical (unpaired) electrons. The molecule has 1 saturated heterocycles. The highest BCUT2D eigenvalue weighted by Crippen LogP contribution is 2.14. The number of ether oxygens (including phenoxy) is 1. The smallest absolute Gasteiger partial charge is 0.240 e. The molecule has 4 nitrogen and oxygen atoms in total. The van der Waals surface area contributed by atoms with E-state index in [4.69, 9.17) is 10.5 Å². The third kappa shape index (κ3) is 3.46. The fourth-order valence-electron chi connectivity index (χ4n) is 1.95. The molecule has 0 bridgehead atoms. The van der Waals surface area contributed by atoms with Gasteiger partial charge in [-0.05, 0) is 31.6 Å². The molecule has 1 atom stereocenters. The Morgan fingerprint density at radius 3 is 2.69 bits per heavy atom. The zero-order valence-corrected chi connectivity index (χ0v) is 10.4. The van der Waals surface area contributed by atoms with Gasteiger partial charge in [0.25, 0.3) is 0 Å². The number of carbonyl (C=O) groups is 1. The Hall–Kier alpha value is -0.610. The molecular formula is C12H24N2O2. The maximum Gasteiger partial charge on any atom is 0.240 e. The van der Waals surface area contributed by atoms with E-state index in [9.17, 15) is 4.79 Å². The minimum absolute atomic E-state index is 0.0249. The highest BCUT2D eigenvalue weighted by molar-refractivity contribution is 5.85. The Bertz CT molecular complexity index is 221. The molecular weight excluding hydrogens is 204 g/mol. The Labute approximate surface area is 97.9 Å². The quantitative estimate of drug-likeness (QED) is 0.739. The van der Waals surface area contributed by atoms with Gasteiger partial charge in [0.05, 0.1) is 12.1 Å². The molecule has 1 rings (SSSR count). The highest BCUT2D eigenvalue weighted by Gasteiger charge is 2.30. The van der Waals surface area contributed by atoms with Crippen LogP contribution in [0.5, 0.6) is 0 Å². The lowest BCUT2D eigenvalue weighted by Crippen LogP contribution is -2.54. The van der Waals surface area contributed by atoms with Gasteiger partial charge in [-0.2, -0.15) is 0 Å². The number of amides is 1. The van der Waals surface area contributed by atoms with Crippen LogP contribution in [0.1, 0.15) is 39.5 Å². The number of hydrogen-bond donors (Lipinski definition) is 2. The SMILES string of the molecule is CCC(N)(CC)C(=O)NCC1CCCOC1. The van der Waals surface area contributed by atoms with E-state index >= 15 is 0 Å². The molecule has 94 valence electrons. The van der Waals surface area contributed by atoms with Crippen molar-refractivity contribution in [3.8, 4) is 0 Å². The first-order chi connectivity index (χ1) is 7.62. The molecule has 0 aromatic rings. The van der Waals surface area contributed by atoms with E-state index in [0.717, 1.165) is 26.1 Å². The topological polar surface area (TPSA) is 64.4 Å². The normalized spacial score (nSPS) is 21.8. The fourth-order valence-corrected chi connectivity index (χ4v) is 1.95. The van der Waals surface area contributed by atoms with Gasteiger partial charge in [-0.15, -0.1) is 0 Å². The molecule has 0 saturated carbocycles. The van der Waals surface area contributed by atoms with Crippen molar-refractivity contribution in [3.63, 3.8) is 0 Å². The van der Waals surface area contributed by atoms with Crippen LogP contribution in [0.4, 0.5) is 0 Å². The lowest BCUT2D eigenvalue weighted by molar-refractivity contribution is -0.127. The average Bonchev–Trinajstić information content (AvgIpc) is 2.36. The zero-order valence-electron chi connectivity index (χ0n) is 10.4. The molecule has 3 N–H and O–H groups in total. The summed E-state index contributed by atoms with van der Waals surface area (Å²) in [5, 5.41) is 2.95. The molecule has 16 heavy (non-hydrogen) atoms. The summed E-state index contributed by atoms with van der Waals surface area (Å²) in [6, 6.07) is 0. The van der Waals surface area contributed by atoms with Gasteiger partial charge >= 0.3 is 0 Å². The molecule has 1 aliphatic heterocycles. The second-order valence-electron chi connectivity index (χ2n) is 4.66. The summed E-state index contributed by atoms with van der Waals surface area (Å²) in [4.78, 5) is 11.9. The van der Waals surface area contributed by atoms with Crippen LogP contribution in [0.15, 0.2) is 0 Å². The Morgan fingerprint density at radius 1 is 1.50 bits per heavy atom. The summed E-state index contributed by atoms with van der Waals surface area (Å²) in [6.45, 7) is 6.21. The first-order valence-electron chi connectivity index (χ1n) is 6.27. The first-order valence-corrected chi connectivity index (χ1v) is 6.27. The highest BCUT2D eigenvalue weighted by atomic mass is 16.5. The lowest BCUT2D eigenvalue weighted by atomic mass is 9.92. The summed E-state index contributed by atoms with van der Waals surface area (Å²) in [7, 11) is 0. The Morgan fingerprint density at radius 2 is 2.19 bits per heavy atom. The molecule has 4 heteroatoms. The minimum Gasteiger partial charge on any atom is -0.381 e. The number of nitrogens with two attached hydrogens (primary N) is 1. The standard InChI is InChI=1S/C12H24N2O2/c1-3-12(13,4-2)11(15)14-8-10-6-5-7-16-9-10/h10H,3-9,13H2,1-2H3,(H,14,15). The van der Waals surface area contributed by atoms with Crippen molar-refractivity contribution in [3.05, 3.63) is 0 Å². The van der Waals surface area contributed by atoms with Crippen molar-refractivity contribution in [1.82, 2.24) is 5.32 Å². The molecule has 0 aliphatic carbocycles. The van der Waals surface area contributed by atoms with Crippen molar-refractivity contribution in [2.24, 2.45) is 11.7 Å². The third-order valence-electron chi connectivity index (χ3n) is 3.52. The summed E-state index contributed by atoms with van der Waals surface area (Å²) >= 11 is 0. The molecule has 0 aromatic heterocycles. The second kappa shape index (κ2) is 6.21. The maximum absolute atomic E-state index is 11.9. The van der Waals surface area contributed by atoms with Crippen molar-refractivity contribution in [2.45, 2.75) is 45.1 Å². The van der Waals surface area contributed by atoms with E-state index in [1.807, 2.05) is 13.8 Å². The number of carbonyl (C=O) groups excluding carboxylic acids is 1. The zero-order chi connectivity index (χ0) is 12.0. The molecule has 0 aromatic carbocycles. The van der Waals surface area contributed by atoms with E-state index in [2.05, 4.69) is 5.32 Å². The summed E-state index contributed by atoms with van der Waals surface area (Å²) in [5.74, 6) is 0.429. The van der Waals surface area contributed by atoms with Gasteiger partial charge < -0.3 is 15.8 Å². The maximum atomic E-state index is 11.9. The van der Waals surface area contributed by atoms with E-state index in [1.165, 1.54) is 0 Å². The second-order valence-corrected chi connectivity index (χ2v) is 4.66. The molecule has 1 aliphatic rings. The van der Waals surface area contributed by atoms with Crippen LogP contribution in [-0.4, -0.2) is 31.2 Å². The van der Waals surface area contributed by atoms with E-state index in [-0.39, 0.29) is 5.91 Å². The van der Waals surface area contributed by atoms with Crippen LogP contribution in [0, 0.1) is 5.92 Å². The van der Waals surface area contributed by atoms with Crippen LogP contribution in [-0.2, 0) is 9.53 Å². The van der Waals surface area contributed by atoms with Crippen molar-refractivity contribution >= 4 is 5.91 Å². The first kappa shape index (κ1) is 13.5. The Balaban J connectivity index is 2.33.